The smallest absolute Gasteiger partial charge is 0.119 e. The minimum absolute atomic E-state index is 0.0682. The maximum absolute atomic E-state index is 6.78. The molecule has 0 aliphatic carbocycles. The largest absolute Gasteiger partial charge is 0.489 e. The molecule has 0 heterocycles. The molecule has 6 aromatic carbocycles. The van der Waals surface area contributed by atoms with Crippen LogP contribution in [0.5, 0.6) is 11.5 Å². The number of hydroxylamine groups is 4. The second-order valence-corrected chi connectivity index (χ2v) is 21.0. The number of rotatable bonds is 20. The second-order valence-electron chi connectivity index (χ2n) is 21.0. The first-order valence-corrected chi connectivity index (χ1v) is 27.0. The Kier molecular flexibility index (Phi) is 24.9. The molecule has 0 N–H and O–H groups in total. The van der Waals surface area contributed by atoms with E-state index in [1.807, 2.05) is 47.6 Å². The van der Waals surface area contributed by atoms with Crippen molar-refractivity contribution in [2.45, 2.75) is 186 Å². The monoisotopic (exact) mass is 991 g/mol. The molecule has 0 saturated carbocycles. The molecule has 0 aliphatic rings. The van der Waals surface area contributed by atoms with Gasteiger partial charge < -0.3 is 9.47 Å². The van der Waals surface area contributed by atoms with Gasteiger partial charge in [0, 0.05) is 16.5 Å². The Morgan fingerprint density at radius 1 is 0.438 bits per heavy atom. The average molecular weight is 991 g/mol. The molecule has 396 valence electrons. The number of hydrogen-bond acceptors (Lipinski definition) is 6. The van der Waals surface area contributed by atoms with Gasteiger partial charge in [0.15, 0.2) is 0 Å². The lowest BCUT2D eigenvalue weighted by molar-refractivity contribution is -0.272. The van der Waals surface area contributed by atoms with E-state index < -0.39 is 0 Å². The van der Waals surface area contributed by atoms with Crippen molar-refractivity contribution in [3.05, 3.63) is 214 Å². The highest BCUT2D eigenvalue weighted by Gasteiger charge is 2.36. The molecule has 6 aromatic rings. The Hall–Kier alpha value is -5.50. The minimum atomic E-state index is -0.255. The number of ether oxygens (including phenoxy) is 2. The predicted molar refractivity (Wildman–Crippen MR) is 311 cm³/mol. The van der Waals surface area contributed by atoms with E-state index in [9.17, 15) is 0 Å². The molecule has 0 spiro atoms. The van der Waals surface area contributed by atoms with Crippen molar-refractivity contribution < 1.29 is 19.1 Å². The van der Waals surface area contributed by atoms with Crippen LogP contribution in [0.3, 0.4) is 0 Å². The average Bonchev–Trinajstić information content (AvgIpc) is 3.39. The molecule has 6 nitrogen and oxygen atoms in total. The Balaban J connectivity index is 0.00000226. The molecule has 0 aliphatic heterocycles. The third kappa shape index (κ3) is 17.8. The van der Waals surface area contributed by atoms with Gasteiger partial charge in [0.1, 0.15) is 36.9 Å². The fourth-order valence-electron chi connectivity index (χ4n) is 8.61. The first-order valence-electron chi connectivity index (χ1n) is 27.0. The van der Waals surface area contributed by atoms with Crippen LogP contribution in [0.1, 0.15) is 200 Å². The molecule has 0 fully saturated rings. The molecule has 0 aromatic heterocycles. The SMILES string of the molecule is C=C(C)C(c1ccccc1)N(OC(C)c1ccc(COc2ccc(C(C)(C)c3ccc(OCc4ccc(C(C)ON(C(c5ccccc5)C(C)C)C(C)(C)C)cc4)cc3)cc2)cc1)C(C)(C)C.CC.CC.CC. The van der Waals surface area contributed by atoms with Gasteiger partial charge in [-0.1, -0.05) is 215 Å². The third-order valence-electron chi connectivity index (χ3n) is 12.6. The summed E-state index contributed by atoms with van der Waals surface area (Å²) in [6.07, 6.45) is -0.278. The van der Waals surface area contributed by atoms with E-state index in [4.69, 9.17) is 19.1 Å². The standard InChI is InChI=1S/C61H76N2O4.3C2H6/c1-43(2)57(51-21-17-15-18-22-51)62(59(7,8)9)66-45(5)49-29-25-47(26-30-49)41-64-55-37-33-53(34-38-55)61(13,14)54-35-39-56(40-36-54)65-42-48-27-31-50(32-28-48)46(6)67-63(60(10,11)12)58(44(3)4)52-23-19-16-20-24-52;3*1-2/h15-40,44-46,57-58H,1,41-42H2,2-14H3;3*1-2H3. The topological polar surface area (TPSA) is 43.4 Å². The fourth-order valence-corrected chi connectivity index (χ4v) is 8.61. The maximum atomic E-state index is 6.78. The van der Waals surface area contributed by atoms with Crippen LogP contribution in [0, 0.1) is 5.92 Å². The van der Waals surface area contributed by atoms with Crippen molar-refractivity contribution in [2.24, 2.45) is 5.92 Å². The molecular formula is C67H94N2O4. The van der Waals surface area contributed by atoms with Crippen LogP contribution < -0.4 is 9.47 Å². The third-order valence-corrected chi connectivity index (χ3v) is 12.6. The lowest BCUT2D eigenvalue weighted by atomic mass is 9.78. The summed E-state index contributed by atoms with van der Waals surface area (Å²) in [7, 11) is 0. The van der Waals surface area contributed by atoms with Gasteiger partial charge in [-0.25, -0.2) is 0 Å². The van der Waals surface area contributed by atoms with Crippen LogP contribution >= 0.6 is 0 Å². The molecular weight excluding hydrogens is 897 g/mol. The first kappa shape index (κ1) is 61.8. The van der Waals surface area contributed by atoms with Gasteiger partial charge in [-0.3, -0.25) is 9.68 Å². The second kappa shape index (κ2) is 29.4. The summed E-state index contributed by atoms with van der Waals surface area (Å²) in [4.78, 5) is 13.5. The van der Waals surface area contributed by atoms with Gasteiger partial charge in [-0.05, 0) is 137 Å². The summed E-state index contributed by atoms with van der Waals surface area (Å²) in [5, 5.41) is 4.29. The number of nitrogens with zero attached hydrogens (tertiary/aromatic N) is 2. The van der Waals surface area contributed by atoms with E-state index in [1.165, 1.54) is 16.7 Å². The highest BCUT2D eigenvalue weighted by Crippen LogP contribution is 2.39. The zero-order valence-electron chi connectivity index (χ0n) is 48.5. The molecule has 0 bridgehead atoms. The summed E-state index contributed by atoms with van der Waals surface area (Å²) >= 11 is 0. The van der Waals surface area contributed by atoms with Crippen molar-refractivity contribution >= 4 is 0 Å². The highest BCUT2D eigenvalue weighted by atomic mass is 16.7. The summed E-state index contributed by atoms with van der Waals surface area (Å²) in [6.45, 7) is 45.8. The first-order chi connectivity index (χ1) is 34.7. The molecule has 0 radical (unpaired) electrons. The van der Waals surface area contributed by atoms with Gasteiger partial charge in [0.25, 0.3) is 0 Å². The van der Waals surface area contributed by atoms with Crippen LogP contribution in [0.4, 0.5) is 0 Å². The van der Waals surface area contributed by atoms with Crippen LogP contribution in [0.15, 0.2) is 170 Å². The van der Waals surface area contributed by atoms with Gasteiger partial charge in [-0.15, -0.1) is 0 Å². The van der Waals surface area contributed by atoms with E-state index >= 15 is 0 Å². The Bertz CT molecular complexity index is 2430. The van der Waals surface area contributed by atoms with E-state index in [0.717, 1.165) is 44.9 Å². The molecule has 4 unspecified atom stereocenters. The lowest BCUT2D eigenvalue weighted by Gasteiger charge is -2.44. The van der Waals surface area contributed by atoms with Gasteiger partial charge in [0.05, 0.1) is 12.1 Å². The number of hydrogen-bond donors (Lipinski definition) is 0. The van der Waals surface area contributed by atoms with E-state index in [1.54, 1.807) is 0 Å². The van der Waals surface area contributed by atoms with Crippen LogP contribution in [0.25, 0.3) is 0 Å². The van der Waals surface area contributed by atoms with Gasteiger partial charge in [-0.2, -0.15) is 10.1 Å². The van der Waals surface area contributed by atoms with Crippen molar-refractivity contribution in [3.63, 3.8) is 0 Å². The quantitative estimate of drug-likeness (QED) is 0.0561. The summed E-state index contributed by atoms with van der Waals surface area (Å²) < 4.78 is 12.5. The lowest BCUT2D eigenvalue weighted by Crippen LogP contribution is -2.46. The molecule has 4 atom stereocenters. The van der Waals surface area contributed by atoms with Crippen molar-refractivity contribution in [1.82, 2.24) is 10.1 Å². The fraction of sp³-hybridized carbons (Fsp3) is 0.433. The van der Waals surface area contributed by atoms with E-state index in [0.29, 0.717) is 19.1 Å². The van der Waals surface area contributed by atoms with E-state index in [2.05, 4.69) is 258 Å². The van der Waals surface area contributed by atoms with Gasteiger partial charge in [0.2, 0.25) is 0 Å². The normalized spacial score (nSPS) is 13.3. The predicted octanol–water partition coefficient (Wildman–Crippen LogP) is 19.1. The minimum Gasteiger partial charge on any atom is -0.489 e. The summed E-state index contributed by atoms with van der Waals surface area (Å²) in [6, 6.07) is 55.2. The summed E-state index contributed by atoms with van der Waals surface area (Å²) in [5.41, 5.74) is 9.64. The summed E-state index contributed by atoms with van der Waals surface area (Å²) in [5.74, 6) is 2.04. The molecule has 0 saturated heterocycles. The molecule has 73 heavy (non-hydrogen) atoms. The van der Waals surface area contributed by atoms with Crippen LogP contribution in [-0.2, 0) is 28.3 Å². The van der Waals surface area contributed by atoms with Crippen LogP contribution in [0.2, 0.25) is 0 Å². The van der Waals surface area contributed by atoms with E-state index in [-0.39, 0.29) is 40.8 Å². The Morgan fingerprint density at radius 3 is 1.11 bits per heavy atom. The van der Waals surface area contributed by atoms with Crippen LogP contribution in [-0.4, -0.2) is 21.2 Å². The Labute approximate surface area is 444 Å². The molecule has 0 amide bonds. The highest BCUT2D eigenvalue weighted by molar-refractivity contribution is 5.42. The number of benzene rings is 6. The molecule has 6 rings (SSSR count). The zero-order chi connectivity index (χ0) is 54.5. The zero-order valence-corrected chi connectivity index (χ0v) is 48.5. The van der Waals surface area contributed by atoms with Gasteiger partial charge >= 0.3 is 0 Å². The molecule has 6 heteroatoms. The van der Waals surface area contributed by atoms with Crippen molar-refractivity contribution in [3.8, 4) is 11.5 Å². The maximum Gasteiger partial charge on any atom is 0.119 e. The van der Waals surface area contributed by atoms with Crippen molar-refractivity contribution in [2.75, 3.05) is 0 Å². The Morgan fingerprint density at radius 2 is 0.781 bits per heavy atom. The van der Waals surface area contributed by atoms with Crippen molar-refractivity contribution in [1.29, 1.82) is 0 Å².